The first kappa shape index (κ1) is 17.5. The van der Waals surface area contributed by atoms with Crippen LogP contribution in [-0.4, -0.2) is 30.2 Å². The van der Waals surface area contributed by atoms with Crippen LogP contribution in [0.2, 0.25) is 0 Å². The van der Waals surface area contributed by atoms with Gasteiger partial charge in [-0.05, 0) is 13.8 Å². The van der Waals surface area contributed by atoms with Crippen LogP contribution in [0.1, 0.15) is 20.3 Å². The fourth-order valence-electron chi connectivity index (χ4n) is 1.04. The van der Waals surface area contributed by atoms with Gasteiger partial charge in [0.15, 0.2) is 0 Å². The molecular formula is C8H14NNaO4S. The maximum absolute atomic E-state index is 11.1. The van der Waals surface area contributed by atoms with E-state index in [1.165, 1.54) is 19.9 Å². The van der Waals surface area contributed by atoms with Crippen molar-refractivity contribution >= 4 is 16.0 Å². The van der Waals surface area contributed by atoms with Crippen molar-refractivity contribution in [1.82, 2.24) is 5.32 Å². The molecule has 0 spiro atoms. The van der Waals surface area contributed by atoms with Crippen molar-refractivity contribution < 1.29 is 47.3 Å². The third-order valence-electron chi connectivity index (χ3n) is 1.35. The van der Waals surface area contributed by atoms with Gasteiger partial charge in [-0.2, -0.15) is 0 Å². The average Bonchev–Trinajstić information content (AvgIpc) is 1.78. The van der Waals surface area contributed by atoms with Crippen LogP contribution >= 0.6 is 0 Å². The first-order chi connectivity index (χ1) is 6.16. The molecule has 0 aromatic heterocycles. The van der Waals surface area contributed by atoms with Crippen LogP contribution in [0.5, 0.6) is 0 Å². The van der Waals surface area contributed by atoms with Gasteiger partial charge < -0.3 is 9.87 Å². The van der Waals surface area contributed by atoms with Crippen LogP contribution in [0, 0.1) is 0 Å². The minimum absolute atomic E-state index is 0. The van der Waals surface area contributed by atoms with Crippen molar-refractivity contribution in [1.29, 1.82) is 0 Å². The molecule has 0 rings (SSSR count). The molecule has 0 aliphatic heterocycles. The van der Waals surface area contributed by atoms with Gasteiger partial charge in [-0.15, -0.1) is 6.58 Å². The Labute approximate surface area is 112 Å². The summed E-state index contributed by atoms with van der Waals surface area (Å²) in [6.07, 6.45) is 1.50. The fraction of sp³-hybridized carbons (Fsp3) is 0.625. The Bertz CT molecular complexity index is 324. The Hall–Kier alpha value is 0.120. The standard InChI is InChI=1S/C8H15NO4S.Na/c1-4-5-7(10)9-8(2,3)6-14(11,12)13;/h4H,1,5-6H2,2-3H3,(H,9,10)(H,11,12,13);/q;+1/p-1. The Kier molecular flexibility index (Phi) is 7.76. The van der Waals surface area contributed by atoms with Crippen molar-refractivity contribution in [2.75, 3.05) is 5.75 Å². The number of hydrogen-bond donors (Lipinski definition) is 1. The van der Waals surface area contributed by atoms with E-state index in [1.807, 2.05) is 0 Å². The van der Waals surface area contributed by atoms with Crippen LogP contribution in [0.3, 0.4) is 0 Å². The largest absolute Gasteiger partial charge is 1.00 e. The summed E-state index contributed by atoms with van der Waals surface area (Å²) in [5.74, 6) is -0.975. The number of nitrogens with one attached hydrogen (secondary N) is 1. The van der Waals surface area contributed by atoms with E-state index in [1.54, 1.807) is 0 Å². The van der Waals surface area contributed by atoms with E-state index in [2.05, 4.69) is 11.9 Å². The zero-order valence-electron chi connectivity index (χ0n) is 9.24. The maximum Gasteiger partial charge on any atom is 1.00 e. The van der Waals surface area contributed by atoms with E-state index >= 15 is 0 Å². The van der Waals surface area contributed by atoms with E-state index in [0.717, 1.165) is 0 Å². The summed E-state index contributed by atoms with van der Waals surface area (Å²) in [6, 6.07) is 0. The predicted molar refractivity (Wildman–Crippen MR) is 51.6 cm³/mol. The van der Waals surface area contributed by atoms with Crippen molar-refractivity contribution in [2.24, 2.45) is 0 Å². The molecule has 0 fully saturated rings. The van der Waals surface area contributed by atoms with Gasteiger partial charge in [0.2, 0.25) is 5.91 Å². The third-order valence-corrected chi connectivity index (χ3v) is 2.42. The Morgan fingerprint density at radius 2 is 2.00 bits per heavy atom. The van der Waals surface area contributed by atoms with Gasteiger partial charge in [0.05, 0.1) is 15.9 Å². The number of carbonyl (C=O) groups is 1. The van der Waals surface area contributed by atoms with Gasteiger partial charge in [0.25, 0.3) is 0 Å². The van der Waals surface area contributed by atoms with Crippen molar-refractivity contribution in [3.8, 4) is 0 Å². The molecule has 15 heavy (non-hydrogen) atoms. The topological polar surface area (TPSA) is 86.3 Å². The quantitative estimate of drug-likeness (QED) is 0.317. The molecule has 1 N–H and O–H groups in total. The molecule has 0 aromatic carbocycles. The Morgan fingerprint density at radius 1 is 1.53 bits per heavy atom. The first-order valence-electron chi connectivity index (χ1n) is 4.02. The number of carbonyl (C=O) groups excluding carboxylic acids is 1. The first-order valence-corrected chi connectivity index (χ1v) is 5.59. The minimum Gasteiger partial charge on any atom is -0.748 e. The number of hydrogen-bond acceptors (Lipinski definition) is 4. The summed E-state index contributed by atoms with van der Waals surface area (Å²) in [7, 11) is -4.33. The van der Waals surface area contributed by atoms with Crippen LogP contribution < -0.4 is 34.9 Å². The molecule has 0 saturated carbocycles. The number of amides is 1. The van der Waals surface area contributed by atoms with Crippen LogP contribution in [-0.2, 0) is 14.9 Å². The molecule has 5 nitrogen and oxygen atoms in total. The fourth-order valence-corrected chi connectivity index (χ4v) is 1.99. The summed E-state index contributed by atoms with van der Waals surface area (Å²) in [5, 5.41) is 2.42. The van der Waals surface area contributed by atoms with Crippen LogP contribution in [0.4, 0.5) is 0 Å². The Morgan fingerprint density at radius 3 is 2.33 bits per heavy atom. The molecule has 7 heteroatoms. The smallest absolute Gasteiger partial charge is 0.748 e. The molecule has 1 amide bonds. The van der Waals surface area contributed by atoms with Crippen molar-refractivity contribution in [3.05, 3.63) is 12.7 Å². The molecule has 0 unspecified atom stereocenters. The van der Waals surface area contributed by atoms with Gasteiger partial charge in [0.1, 0.15) is 0 Å². The summed E-state index contributed by atoms with van der Waals surface area (Å²) in [4.78, 5) is 11.1. The third kappa shape index (κ3) is 10.4. The molecule has 0 aliphatic rings. The van der Waals surface area contributed by atoms with E-state index in [0.29, 0.717) is 0 Å². The summed E-state index contributed by atoms with van der Waals surface area (Å²) < 4.78 is 31.4. The summed E-state index contributed by atoms with van der Waals surface area (Å²) in [5.41, 5.74) is -1.04. The second-order valence-electron chi connectivity index (χ2n) is 3.63. The van der Waals surface area contributed by atoms with E-state index in [4.69, 9.17) is 0 Å². The molecule has 0 atom stereocenters. The van der Waals surface area contributed by atoms with Crippen LogP contribution in [0.15, 0.2) is 12.7 Å². The summed E-state index contributed by atoms with van der Waals surface area (Å²) >= 11 is 0. The SMILES string of the molecule is C=CCC(=O)NC(C)(C)CS(=O)(=O)[O-].[Na+]. The van der Waals surface area contributed by atoms with Crippen LogP contribution in [0.25, 0.3) is 0 Å². The van der Waals surface area contributed by atoms with Crippen molar-refractivity contribution in [2.45, 2.75) is 25.8 Å². The molecule has 0 aromatic rings. The molecule has 0 aliphatic carbocycles. The van der Waals surface area contributed by atoms with Gasteiger partial charge >= 0.3 is 29.6 Å². The van der Waals surface area contributed by atoms with E-state index in [9.17, 15) is 17.8 Å². The maximum atomic E-state index is 11.1. The van der Waals surface area contributed by atoms with E-state index in [-0.39, 0.29) is 41.9 Å². The zero-order chi connectivity index (χ0) is 11.4. The molecule has 0 radical (unpaired) electrons. The molecule has 0 saturated heterocycles. The zero-order valence-corrected chi connectivity index (χ0v) is 12.1. The van der Waals surface area contributed by atoms with Gasteiger partial charge in [-0.1, -0.05) is 6.08 Å². The van der Waals surface area contributed by atoms with Gasteiger partial charge in [-0.3, -0.25) is 4.79 Å². The molecular weight excluding hydrogens is 229 g/mol. The molecule has 82 valence electrons. The number of rotatable bonds is 5. The van der Waals surface area contributed by atoms with E-state index < -0.39 is 21.4 Å². The predicted octanol–water partition coefficient (Wildman–Crippen LogP) is -2.99. The monoisotopic (exact) mass is 243 g/mol. The van der Waals surface area contributed by atoms with Crippen molar-refractivity contribution in [3.63, 3.8) is 0 Å². The Balaban J connectivity index is 0. The molecule has 0 heterocycles. The minimum atomic E-state index is -4.33. The second-order valence-corrected chi connectivity index (χ2v) is 5.03. The molecule has 0 bridgehead atoms. The summed E-state index contributed by atoms with van der Waals surface area (Å²) in [6.45, 7) is 6.32. The normalized spacial score (nSPS) is 11.4. The van der Waals surface area contributed by atoms with Gasteiger partial charge in [-0.25, -0.2) is 8.42 Å². The average molecular weight is 243 g/mol. The second kappa shape index (κ2) is 6.65. The van der Waals surface area contributed by atoms with Gasteiger partial charge in [0, 0.05) is 12.0 Å².